The minimum atomic E-state index is -3.39. The number of hydrogen-bond donors (Lipinski definition) is 1. The highest BCUT2D eigenvalue weighted by Crippen LogP contribution is 2.21. The highest BCUT2D eigenvalue weighted by atomic mass is 35.5. The third-order valence-electron chi connectivity index (χ3n) is 2.93. The zero-order chi connectivity index (χ0) is 16.8. The normalized spacial score (nSPS) is 11.5. The third-order valence-corrected chi connectivity index (χ3v) is 4.82. The fourth-order valence-electron chi connectivity index (χ4n) is 1.77. The van der Waals surface area contributed by atoms with Gasteiger partial charge in [0, 0.05) is 29.7 Å². The molecule has 0 aliphatic heterocycles. The maximum atomic E-state index is 11.8. The van der Waals surface area contributed by atoms with Crippen LogP contribution in [0.15, 0.2) is 18.2 Å². The second-order valence-corrected chi connectivity index (χ2v) is 7.39. The Balaban J connectivity index is 2.64. The van der Waals surface area contributed by atoms with E-state index in [0.29, 0.717) is 16.5 Å². The van der Waals surface area contributed by atoms with Gasteiger partial charge in [-0.1, -0.05) is 29.3 Å². The van der Waals surface area contributed by atoms with Crippen molar-refractivity contribution >= 4 is 39.3 Å². The van der Waals surface area contributed by atoms with Gasteiger partial charge in [-0.05, 0) is 24.1 Å². The summed E-state index contributed by atoms with van der Waals surface area (Å²) in [6, 6.07) is 5.08. The van der Waals surface area contributed by atoms with E-state index < -0.39 is 16.1 Å². The lowest BCUT2D eigenvalue weighted by atomic mass is 10.1. The number of ether oxygens (including phenoxy) is 1. The van der Waals surface area contributed by atoms with Crippen molar-refractivity contribution in [2.45, 2.75) is 6.42 Å². The fraction of sp³-hybridized carbons (Fsp3) is 0.462. The van der Waals surface area contributed by atoms with Gasteiger partial charge < -0.3 is 10.1 Å². The SMILES string of the molecule is COC(=O)NCCN(CCc1ccc(Cl)cc1Cl)S(C)(=O)=O. The van der Waals surface area contributed by atoms with Crippen molar-refractivity contribution in [1.29, 1.82) is 0 Å². The van der Waals surface area contributed by atoms with Gasteiger partial charge >= 0.3 is 6.09 Å². The molecule has 9 heteroatoms. The summed E-state index contributed by atoms with van der Waals surface area (Å²) in [4.78, 5) is 11.0. The van der Waals surface area contributed by atoms with Crippen molar-refractivity contribution in [3.63, 3.8) is 0 Å². The summed E-state index contributed by atoms with van der Waals surface area (Å²) in [7, 11) is -2.15. The van der Waals surface area contributed by atoms with Crippen LogP contribution in [0.4, 0.5) is 4.79 Å². The second-order valence-electron chi connectivity index (χ2n) is 4.57. The van der Waals surface area contributed by atoms with Crippen molar-refractivity contribution in [2.24, 2.45) is 0 Å². The van der Waals surface area contributed by atoms with Crippen LogP contribution in [-0.4, -0.2) is 51.8 Å². The zero-order valence-corrected chi connectivity index (χ0v) is 14.6. The van der Waals surface area contributed by atoms with Gasteiger partial charge in [-0.25, -0.2) is 17.5 Å². The number of halogens is 2. The van der Waals surface area contributed by atoms with Crippen LogP contribution in [0.1, 0.15) is 5.56 Å². The van der Waals surface area contributed by atoms with E-state index in [1.807, 2.05) is 0 Å². The Morgan fingerprint density at radius 2 is 2.00 bits per heavy atom. The number of benzene rings is 1. The molecule has 0 atom stereocenters. The maximum Gasteiger partial charge on any atom is 0.406 e. The lowest BCUT2D eigenvalue weighted by Crippen LogP contribution is -2.39. The number of nitrogens with one attached hydrogen (secondary N) is 1. The van der Waals surface area contributed by atoms with Gasteiger partial charge in [-0.3, -0.25) is 0 Å². The number of methoxy groups -OCH3 is 1. The van der Waals surface area contributed by atoms with Gasteiger partial charge in [-0.2, -0.15) is 0 Å². The smallest absolute Gasteiger partial charge is 0.406 e. The van der Waals surface area contributed by atoms with Crippen molar-refractivity contribution < 1.29 is 17.9 Å². The van der Waals surface area contributed by atoms with E-state index in [-0.39, 0.29) is 19.6 Å². The van der Waals surface area contributed by atoms with Crippen LogP contribution in [0.5, 0.6) is 0 Å². The van der Waals surface area contributed by atoms with Crippen LogP contribution in [0.2, 0.25) is 10.0 Å². The van der Waals surface area contributed by atoms with E-state index in [0.717, 1.165) is 11.8 Å². The molecule has 124 valence electrons. The van der Waals surface area contributed by atoms with Crippen LogP contribution in [-0.2, 0) is 21.2 Å². The minimum Gasteiger partial charge on any atom is -0.453 e. The molecule has 0 saturated carbocycles. The molecule has 0 unspecified atom stereocenters. The summed E-state index contributed by atoms with van der Waals surface area (Å²) in [5.74, 6) is 0. The summed E-state index contributed by atoms with van der Waals surface area (Å²) >= 11 is 11.9. The first-order valence-corrected chi connectivity index (χ1v) is 9.05. The standard InChI is InChI=1S/C13H18Cl2N2O4S/c1-21-13(18)16-6-8-17(22(2,19)20)7-5-10-3-4-11(14)9-12(10)15/h3-4,9H,5-8H2,1-2H3,(H,16,18). The van der Waals surface area contributed by atoms with Crippen LogP contribution >= 0.6 is 23.2 Å². The molecule has 0 aliphatic rings. The molecular formula is C13H18Cl2N2O4S. The van der Waals surface area contributed by atoms with Crippen molar-refractivity contribution in [3.05, 3.63) is 33.8 Å². The van der Waals surface area contributed by atoms with Crippen molar-refractivity contribution in [3.8, 4) is 0 Å². The number of hydrogen-bond acceptors (Lipinski definition) is 4. The van der Waals surface area contributed by atoms with E-state index in [9.17, 15) is 13.2 Å². The number of nitrogens with zero attached hydrogens (tertiary/aromatic N) is 1. The van der Waals surface area contributed by atoms with Gasteiger partial charge in [0.1, 0.15) is 0 Å². The molecule has 0 bridgehead atoms. The minimum absolute atomic E-state index is 0.152. The molecule has 0 aromatic heterocycles. The quantitative estimate of drug-likeness (QED) is 0.799. The average molecular weight is 369 g/mol. The van der Waals surface area contributed by atoms with Gasteiger partial charge in [0.05, 0.1) is 13.4 Å². The van der Waals surface area contributed by atoms with Crippen molar-refractivity contribution in [1.82, 2.24) is 9.62 Å². The first-order chi connectivity index (χ1) is 10.2. The number of alkyl carbamates (subject to hydrolysis) is 1. The molecule has 1 aromatic carbocycles. The Bertz CT molecular complexity index is 622. The Hall–Kier alpha value is -1.02. The summed E-state index contributed by atoms with van der Waals surface area (Å²) in [5, 5.41) is 3.46. The summed E-state index contributed by atoms with van der Waals surface area (Å²) in [6.45, 7) is 0.566. The van der Waals surface area contributed by atoms with Crippen molar-refractivity contribution in [2.75, 3.05) is 33.0 Å². The molecule has 1 amide bonds. The molecule has 0 spiro atoms. The maximum absolute atomic E-state index is 11.8. The molecule has 1 rings (SSSR count). The first-order valence-electron chi connectivity index (χ1n) is 6.45. The average Bonchev–Trinajstić information content (AvgIpc) is 2.42. The van der Waals surface area contributed by atoms with Gasteiger partial charge in [0.25, 0.3) is 0 Å². The number of carbonyl (C=O) groups is 1. The Morgan fingerprint density at radius 1 is 1.32 bits per heavy atom. The lowest BCUT2D eigenvalue weighted by molar-refractivity contribution is 0.170. The van der Waals surface area contributed by atoms with Gasteiger partial charge in [0.2, 0.25) is 10.0 Å². The highest BCUT2D eigenvalue weighted by molar-refractivity contribution is 7.88. The number of sulfonamides is 1. The Kier molecular flexibility index (Phi) is 7.41. The molecule has 0 fully saturated rings. The molecule has 0 saturated heterocycles. The molecule has 1 N–H and O–H groups in total. The van der Waals surface area contributed by atoms with E-state index in [4.69, 9.17) is 23.2 Å². The van der Waals surface area contributed by atoms with E-state index in [1.54, 1.807) is 18.2 Å². The summed E-state index contributed by atoms with van der Waals surface area (Å²) in [5.41, 5.74) is 0.806. The number of amides is 1. The van der Waals surface area contributed by atoms with E-state index in [2.05, 4.69) is 10.1 Å². The molecule has 0 heterocycles. The molecule has 1 aromatic rings. The van der Waals surface area contributed by atoms with Crippen LogP contribution in [0, 0.1) is 0 Å². The topological polar surface area (TPSA) is 75.7 Å². The monoisotopic (exact) mass is 368 g/mol. The number of carbonyl (C=O) groups excluding carboxylic acids is 1. The largest absolute Gasteiger partial charge is 0.453 e. The van der Waals surface area contributed by atoms with Crippen LogP contribution < -0.4 is 5.32 Å². The molecule has 0 radical (unpaired) electrons. The van der Waals surface area contributed by atoms with Gasteiger partial charge in [-0.15, -0.1) is 0 Å². The fourth-order valence-corrected chi connectivity index (χ4v) is 3.12. The Morgan fingerprint density at radius 3 is 2.55 bits per heavy atom. The Labute approximate surface area is 140 Å². The highest BCUT2D eigenvalue weighted by Gasteiger charge is 2.17. The predicted molar refractivity (Wildman–Crippen MR) is 87.0 cm³/mol. The number of rotatable bonds is 7. The zero-order valence-electron chi connectivity index (χ0n) is 12.3. The van der Waals surface area contributed by atoms with Crippen LogP contribution in [0.25, 0.3) is 0 Å². The lowest BCUT2D eigenvalue weighted by Gasteiger charge is -2.20. The van der Waals surface area contributed by atoms with E-state index >= 15 is 0 Å². The second kappa shape index (κ2) is 8.57. The van der Waals surface area contributed by atoms with Gasteiger partial charge in [0.15, 0.2) is 0 Å². The summed E-state index contributed by atoms with van der Waals surface area (Å²) < 4.78 is 29.2. The third kappa shape index (κ3) is 6.39. The molecule has 22 heavy (non-hydrogen) atoms. The molecular weight excluding hydrogens is 351 g/mol. The predicted octanol–water partition coefficient (Wildman–Crippen LogP) is 2.15. The van der Waals surface area contributed by atoms with E-state index in [1.165, 1.54) is 11.4 Å². The summed E-state index contributed by atoms with van der Waals surface area (Å²) in [6.07, 6.45) is 0.963. The first kappa shape index (κ1) is 19.0. The van der Waals surface area contributed by atoms with Crippen LogP contribution in [0.3, 0.4) is 0 Å². The molecule has 0 aliphatic carbocycles. The molecule has 6 nitrogen and oxygen atoms in total.